The minimum atomic E-state index is 0.780. The maximum absolute atomic E-state index is 3.69. The minimum Gasteiger partial charge on any atom is -0.311 e. The van der Waals surface area contributed by atoms with E-state index in [0.717, 1.165) is 23.9 Å². The fraction of sp³-hybridized carbons (Fsp3) is 1.00. The Bertz CT molecular complexity index is 104. The maximum Gasteiger partial charge on any atom is 0.00933 e. The second-order valence-corrected chi connectivity index (χ2v) is 4.45. The van der Waals surface area contributed by atoms with Gasteiger partial charge in [0.1, 0.15) is 0 Å². The van der Waals surface area contributed by atoms with Crippen molar-refractivity contribution in [2.45, 2.75) is 52.6 Å². The molecule has 1 saturated heterocycles. The molecule has 0 aliphatic carbocycles. The summed E-state index contributed by atoms with van der Waals surface area (Å²) in [6, 6.07) is 1.56. The lowest BCUT2D eigenvalue weighted by atomic mass is 10.0. The Hall–Kier alpha value is -0.0400. The Labute approximate surface area is 70.6 Å². The molecular weight excluding hydrogens is 134 g/mol. The molecule has 1 N–H and O–H groups in total. The van der Waals surface area contributed by atoms with Crippen molar-refractivity contribution in [1.29, 1.82) is 0 Å². The van der Waals surface area contributed by atoms with Crippen LogP contribution in [0.5, 0.6) is 0 Å². The van der Waals surface area contributed by atoms with E-state index in [1.807, 2.05) is 0 Å². The van der Waals surface area contributed by atoms with Crippen LogP contribution in [0.1, 0.15) is 40.5 Å². The highest BCUT2D eigenvalue weighted by atomic mass is 15.0. The van der Waals surface area contributed by atoms with Gasteiger partial charge in [0.25, 0.3) is 0 Å². The normalized spacial score (nSPS) is 32.2. The van der Waals surface area contributed by atoms with E-state index in [1.54, 1.807) is 0 Å². The number of rotatable bonds is 2. The van der Waals surface area contributed by atoms with E-state index in [4.69, 9.17) is 0 Å². The molecule has 2 atom stereocenters. The van der Waals surface area contributed by atoms with Crippen LogP contribution in [0.2, 0.25) is 0 Å². The first-order valence-electron chi connectivity index (χ1n) is 4.87. The van der Waals surface area contributed by atoms with Crippen molar-refractivity contribution in [3.63, 3.8) is 0 Å². The molecule has 1 rings (SSSR count). The Morgan fingerprint density at radius 3 is 1.45 bits per heavy atom. The Morgan fingerprint density at radius 1 is 0.909 bits per heavy atom. The fourth-order valence-electron chi connectivity index (χ4n) is 1.85. The van der Waals surface area contributed by atoms with Crippen molar-refractivity contribution in [1.82, 2.24) is 5.32 Å². The van der Waals surface area contributed by atoms with Gasteiger partial charge < -0.3 is 5.32 Å². The van der Waals surface area contributed by atoms with Gasteiger partial charge in [0.2, 0.25) is 0 Å². The summed E-state index contributed by atoms with van der Waals surface area (Å²) >= 11 is 0. The molecule has 1 fully saturated rings. The van der Waals surface area contributed by atoms with Crippen LogP contribution >= 0.6 is 0 Å². The molecule has 0 aromatic rings. The van der Waals surface area contributed by atoms with E-state index < -0.39 is 0 Å². The zero-order chi connectivity index (χ0) is 8.43. The Kier molecular flexibility index (Phi) is 2.94. The summed E-state index contributed by atoms with van der Waals surface area (Å²) in [5.41, 5.74) is 0. The van der Waals surface area contributed by atoms with E-state index in [-0.39, 0.29) is 0 Å². The summed E-state index contributed by atoms with van der Waals surface area (Å²) in [7, 11) is 0. The van der Waals surface area contributed by atoms with E-state index in [0.29, 0.717) is 0 Å². The zero-order valence-corrected chi connectivity index (χ0v) is 8.22. The molecule has 1 heterocycles. The van der Waals surface area contributed by atoms with Gasteiger partial charge in [-0.25, -0.2) is 0 Å². The molecule has 2 unspecified atom stereocenters. The van der Waals surface area contributed by atoms with Crippen molar-refractivity contribution >= 4 is 0 Å². The van der Waals surface area contributed by atoms with Gasteiger partial charge in [-0.3, -0.25) is 0 Å². The van der Waals surface area contributed by atoms with Gasteiger partial charge in [-0.15, -0.1) is 0 Å². The van der Waals surface area contributed by atoms with Crippen LogP contribution in [0.25, 0.3) is 0 Å². The molecule has 66 valence electrons. The molecule has 0 spiro atoms. The molecule has 1 nitrogen and oxygen atoms in total. The second kappa shape index (κ2) is 3.57. The van der Waals surface area contributed by atoms with Gasteiger partial charge in [-0.2, -0.15) is 0 Å². The third-order valence-corrected chi connectivity index (χ3v) is 2.83. The zero-order valence-electron chi connectivity index (χ0n) is 8.22. The van der Waals surface area contributed by atoms with E-state index in [9.17, 15) is 0 Å². The van der Waals surface area contributed by atoms with Gasteiger partial charge >= 0.3 is 0 Å². The molecule has 1 aliphatic heterocycles. The smallest absolute Gasteiger partial charge is 0.00933 e. The first-order valence-corrected chi connectivity index (χ1v) is 4.87. The summed E-state index contributed by atoms with van der Waals surface area (Å²) < 4.78 is 0. The van der Waals surface area contributed by atoms with Crippen LogP contribution in [0.4, 0.5) is 0 Å². The highest BCUT2D eigenvalue weighted by Gasteiger charge is 2.27. The Balaban J connectivity index is 2.35. The molecule has 0 bridgehead atoms. The third kappa shape index (κ3) is 2.19. The Morgan fingerprint density at radius 2 is 1.27 bits per heavy atom. The van der Waals surface area contributed by atoms with Crippen LogP contribution in [0.3, 0.4) is 0 Å². The first-order chi connectivity index (χ1) is 5.11. The van der Waals surface area contributed by atoms with Crippen molar-refractivity contribution in [2.24, 2.45) is 11.8 Å². The number of hydrogen-bond acceptors (Lipinski definition) is 1. The lowest BCUT2D eigenvalue weighted by molar-refractivity contribution is 0.386. The first kappa shape index (κ1) is 9.05. The van der Waals surface area contributed by atoms with Gasteiger partial charge in [0, 0.05) is 12.1 Å². The fourth-order valence-corrected chi connectivity index (χ4v) is 1.85. The van der Waals surface area contributed by atoms with E-state index >= 15 is 0 Å². The topological polar surface area (TPSA) is 12.0 Å². The van der Waals surface area contributed by atoms with Gasteiger partial charge in [0.05, 0.1) is 0 Å². The largest absolute Gasteiger partial charge is 0.311 e. The molecule has 1 aliphatic rings. The standard InChI is InChI=1S/C10H21N/c1-7(2)9-5-6-10(11-9)8(3)4/h7-11H,5-6H2,1-4H3. The SMILES string of the molecule is CC(C)C1CCC(C(C)C)N1. The van der Waals surface area contributed by atoms with Crippen molar-refractivity contribution in [2.75, 3.05) is 0 Å². The minimum absolute atomic E-state index is 0.780. The lowest BCUT2D eigenvalue weighted by Crippen LogP contribution is -2.35. The molecular formula is C10H21N. The van der Waals surface area contributed by atoms with Gasteiger partial charge in [-0.05, 0) is 24.7 Å². The summed E-state index contributed by atoms with van der Waals surface area (Å²) in [6.07, 6.45) is 2.75. The molecule has 0 aromatic heterocycles. The van der Waals surface area contributed by atoms with Crippen LogP contribution in [0.15, 0.2) is 0 Å². The van der Waals surface area contributed by atoms with E-state index in [1.165, 1.54) is 12.8 Å². The van der Waals surface area contributed by atoms with Crippen LogP contribution in [-0.4, -0.2) is 12.1 Å². The predicted octanol–water partition coefficient (Wildman–Crippen LogP) is 2.42. The third-order valence-electron chi connectivity index (χ3n) is 2.83. The average molecular weight is 155 g/mol. The van der Waals surface area contributed by atoms with Crippen LogP contribution in [-0.2, 0) is 0 Å². The average Bonchev–Trinajstić information content (AvgIpc) is 2.33. The summed E-state index contributed by atoms with van der Waals surface area (Å²) in [6.45, 7) is 9.22. The monoisotopic (exact) mass is 155 g/mol. The summed E-state index contributed by atoms with van der Waals surface area (Å²) in [5, 5.41) is 3.69. The molecule has 1 heteroatoms. The molecule has 0 radical (unpaired) electrons. The maximum atomic E-state index is 3.69. The summed E-state index contributed by atoms with van der Waals surface area (Å²) in [4.78, 5) is 0. The molecule has 0 amide bonds. The lowest BCUT2D eigenvalue weighted by Gasteiger charge is -2.19. The van der Waals surface area contributed by atoms with Crippen LogP contribution < -0.4 is 5.32 Å². The highest BCUT2D eigenvalue weighted by Crippen LogP contribution is 2.22. The number of hydrogen-bond donors (Lipinski definition) is 1. The van der Waals surface area contributed by atoms with E-state index in [2.05, 4.69) is 33.0 Å². The van der Waals surface area contributed by atoms with Gasteiger partial charge in [0.15, 0.2) is 0 Å². The quantitative estimate of drug-likeness (QED) is 0.645. The number of nitrogens with one attached hydrogen (secondary N) is 1. The van der Waals surface area contributed by atoms with Gasteiger partial charge in [-0.1, -0.05) is 27.7 Å². The molecule has 0 saturated carbocycles. The van der Waals surface area contributed by atoms with Crippen LogP contribution in [0, 0.1) is 11.8 Å². The summed E-state index contributed by atoms with van der Waals surface area (Å²) in [5.74, 6) is 1.61. The van der Waals surface area contributed by atoms with Crippen molar-refractivity contribution < 1.29 is 0 Å². The van der Waals surface area contributed by atoms with Crippen molar-refractivity contribution in [3.8, 4) is 0 Å². The second-order valence-electron chi connectivity index (χ2n) is 4.45. The predicted molar refractivity (Wildman–Crippen MR) is 49.6 cm³/mol. The molecule has 0 aromatic carbocycles. The van der Waals surface area contributed by atoms with Crippen molar-refractivity contribution in [3.05, 3.63) is 0 Å². The highest BCUT2D eigenvalue weighted by molar-refractivity contribution is 4.86. The molecule has 11 heavy (non-hydrogen) atoms.